The molecule has 0 aliphatic heterocycles. The van der Waals surface area contributed by atoms with Crippen molar-refractivity contribution in [1.82, 2.24) is 4.98 Å². The summed E-state index contributed by atoms with van der Waals surface area (Å²) in [5.74, 6) is 0. The van der Waals surface area contributed by atoms with Crippen molar-refractivity contribution in [2.45, 2.75) is 0 Å². The van der Waals surface area contributed by atoms with E-state index in [4.69, 9.17) is 22.1 Å². The van der Waals surface area contributed by atoms with Gasteiger partial charge in [-0.15, -0.1) is 0 Å². The highest BCUT2D eigenvalue weighted by Gasteiger charge is 2.07. The maximum atomic E-state index is 8.69. The molecular weight excluding hydrogens is 222 g/mol. The molecule has 1 aromatic carbocycles. The van der Waals surface area contributed by atoms with Crippen molar-refractivity contribution in [3.8, 4) is 12.1 Å². The molecule has 0 saturated heterocycles. The van der Waals surface area contributed by atoms with E-state index < -0.39 is 0 Å². The number of H-pyrrole nitrogens is 1. The van der Waals surface area contributed by atoms with Crippen LogP contribution in [-0.2, 0) is 0 Å². The number of benzene rings is 1. The normalized spacial score (nSPS) is 9.44. The van der Waals surface area contributed by atoms with Gasteiger partial charge in [-0.05, 0) is 12.1 Å². The van der Waals surface area contributed by atoms with Crippen LogP contribution in [-0.4, -0.2) is 4.98 Å². The number of hydrogen-bond acceptors (Lipinski definition) is 2. The van der Waals surface area contributed by atoms with Crippen molar-refractivity contribution < 1.29 is 0 Å². The van der Waals surface area contributed by atoms with Gasteiger partial charge in [-0.2, -0.15) is 10.5 Å². The van der Waals surface area contributed by atoms with Crippen LogP contribution in [0.5, 0.6) is 0 Å². The van der Waals surface area contributed by atoms with Gasteiger partial charge in [0.25, 0.3) is 0 Å². The van der Waals surface area contributed by atoms with E-state index in [1.54, 1.807) is 0 Å². The van der Waals surface area contributed by atoms with Crippen LogP contribution >= 0.6 is 11.6 Å². The SMILES string of the molecule is N#CC(C#N)=Cc1c(Cl)[nH]c2ccccc12. The fourth-order valence-electron chi connectivity index (χ4n) is 1.51. The van der Waals surface area contributed by atoms with E-state index >= 15 is 0 Å². The summed E-state index contributed by atoms with van der Waals surface area (Å²) >= 11 is 6.01. The molecule has 1 aromatic heterocycles. The first kappa shape index (κ1) is 10.3. The van der Waals surface area contributed by atoms with Gasteiger partial charge in [0.05, 0.1) is 0 Å². The summed E-state index contributed by atoms with van der Waals surface area (Å²) in [6, 6.07) is 11.2. The van der Waals surface area contributed by atoms with Crippen molar-refractivity contribution in [3.63, 3.8) is 0 Å². The summed E-state index contributed by atoms with van der Waals surface area (Å²) in [5, 5.41) is 18.7. The Kier molecular flexibility index (Phi) is 2.64. The zero-order chi connectivity index (χ0) is 11.5. The fourth-order valence-corrected chi connectivity index (χ4v) is 1.76. The molecule has 1 N–H and O–H groups in total. The lowest BCUT2D eigenvalue weighted by Crippen LogP contribution is -1.74. The molecule has 1 heterocycles. The minimum Gasteiger partial charge on any atom is -0.345 e. The lowest BCUT2D eigenvalue weighted by atomic mass is 10.1. The second-order valence-corrected chi connectivity index (χ2v) is 3.56. The van der Waals surface area contributed by atoms with Gasteiger partial charge >= 0.3 is 0 Å². The average molecular weight is 228 g/mol. The second kappa shape index (κ2) is 4.10. The van der Waals surface area contributed by atoms with Crippen molar-refractivity contribution >= 4 is 28.6 Å². The van der Waals surface area contributed by atoms with Crippen molar-refractivity contribution in [3.05, 3.63) is 40.6 Å². The van der Waals surface area contributed by atoms with Crippen LogP contribution in [0.15, 0.2) is 29.8 Å². The number of aromatic amines is 1. The Labute approximate surface area is 97.2 Å². The van der Waals surface area contributed by atoms with E-state index in [0.29, 0.717) is 10.7 Å². The minimum absolute atomic E-state index is 0.0339. The molecular formula is C12H6ClN3. The zero-order valence-corrected chi connectivity index (χ0v) is 8.92. The molecule has 3 nitrogen and oxygen atoms in total. The maximum Gasteiger partial charge on any atom is 0.130 e. The number of aromatic nitrogens is 1. The number of nitrogens with zero attached hydrogens (tertiary/aromatic N) is 2. The van der Waals surface area contributed by atoms with Crippen LogP contribution in [0.3, 0.4) is 0 Å². The summed E-state index contributed by atoms with van der Waals surface area (Å²) in [7, 11) is 0. The second-order valence-electron chi connectivity index (χ2n) is 3.18. The smallest absolute Gasteiger partial charge is 0.130 e. The van der Waals surface area contributed by atoms with Gasteiger partial charge in [-0.25, -0.2) is 0 Å². The topological polar surface area (TPSA) is 63.4 Å². The molecule has 2 rings (SSSR count). The van der Waals surface area contributed by atoms with E-state index in [9.17, 15) is 0 Å². The molecule has 4 heteroatoms. The predicted molar refractivity (Wildman–Crippen MR) is 62.5 cm³/mol. The molecule has 0 radical (unpaired) electrons. The van der Waals surface area contributed by atoms with Gasteiger partial charge in [0.1, 0.15) is 22.9 Å². The third-order valence-electron chi connectivity index (χ3n) is 2.23. The summed E-state index contributed by atoms with van der Waals surface area (Å²) < 4.78 is 0. The first-order valence-corrected chi connectivity index (χ1v) is 4.92. The summed E-state index contributed by atoms with van der Waals surface area (Å²) in [6.45, 7) is 0. The zero-order valence-electron chi connectivity index (χ0n) is 8.16. The molecule has 0 atom stereocenters. The molecule has 0 saturated carbocycles. The first-order valence-electron chi connectivity index (χ1n) is 4.54. The van der Waals surface area contributed by atoms with Crippen LogP contribution in [0, 0.1) is 22.7 Å². The highest BCUT2D eigenvalue weighted by molar-refractivity contribution is 6.32. The van der Waals surface area contributed by atoms with Gasteiger partial charge in [0.2, 0.25) is 0 Å². The lowest BCUT2D eigenvalue weighted by molar-refractivity contribution is 1.46. The quantitative estimate of drug-likeness (QED) is 0.760. The Morgan fingerprint density at radius 2 is 1.94 bits per heavy atom. The molecule has 0 aliphatic carbocycles. The number of hydrogen-bond donors (Lipinski definition) is 1. The van der Waals surface area contributed by atoms with Gasteiger partial charge in [-0.1, -0.05) is 29.8 Å². The van der Waals surface area contributed by atoms with Gasteiger partial charge in [0, 0.05) is 16.5 Å². The van der Waals surface area contributed by atoms with Crippen molar-refractivity contribution in [1.29, 1.82) is 10.5 Å². The van der Waals surface area contributed by atoms with E-state index in [1.165, 1.54) is 6.08 Å². The summed E-state index contributed by atoms with van der Waals surface area (Å²) in [5.41, 5.74) is 1.59. The van der Waals surface area contributed by atoms with Crippen LogP contribution in [0.1, 0.15) is 5.56 Å². The Morgan fingerprint density at radius 1 is 1.25 bits per heavy atom. The molecule has 0 amide bonds. The Morgan fingerprint density at radius 3 is 2.62 bits per heavy atom. The Bertz CT molecular complexity index is 637. The third-order valence-corrected chi connectivity index (χ3v) is 2.53. The molecule has 0 bridgehead atoms. The average Bonchev–Trinajstić information content (AvgIpc) is 2.62. The van der Waals surface area contributed by atoms with Crippen LogP contribution in [0.2, 0.25) is 5.15 Å². The highest BCUT2D eigenvalue weighted by atomic mass is 35.5. The van der Waals surface area contributed by atoms with E-state index in [-0.39, 0.29) is 5.57 Å². The molecule has 76 valence electrons. The lowest BCUT2D eigenvalue weighted by Gasteiger charge is -1.91. The van der Waals surface area contributed by atoms with E-state index in [2.05, 4.69) is 4.98 Å². The van der Waals surface area contributed by atoms with Crippen LogP contribution in [0.25, 0.3) is 17.0 Å². The van der Waals surface area contributed by atoms with Crippen molar-refractivity contribution in [2.24, 2.45) is 0 Å². The van der Waals surface area contributed by atoms with Gasteiger partial charge in [-0.3, -0.25) is 0 Å². The number of nitrogens with one attached hydrogen (secondary N) is 1. The molecule has 16 heavy (non-hydrogen) atoms. The molecule has 2 aromatic rings. The molecule has 0 aliphatic rings. The Hall–Kier alpha value is -2.23. The number of allylic oxidation sites excluding steroid dienone is 1. The number of nitriles is 2. The van der Waals surface area contributed by atoms with Crippen molar-refractivity contribution in [2.75, 3.05) is 0 Å². The fraction of sp³-hybridized carbons (Fsp3) is 0. The van der Waals surface area contributed by atoms with Gasteiger partial charge < -0.3 is 4.98 Å². The highest BCUT2D eigenvalue weighted by Crippen LogP contribution is 2.27. The van der Waals surface area contributed by atoms with Crippen LogP contribution in [0.4, 0.5) is 0 Å². The van der Waals surface area contributed by atoms with Gasteiger partial charge in [0.15, 0.2) is 0 Å². The standard InChI is InChI=1S/C12H6ClN3/c13-12-10(5-8(6-14)7-15)9-3-1-2-4-11(9)16-12/h1-5,16H. The van der Waals surface area contributed by atoms with E-state index in [1.807, 2.05) is 36.4 Å². The van der Waals surface area contributed by atoms with E-state index in [0.717, 1.165) is 10.9 Å². The number of fused-ring (bicyclic) bond motifs is 1. The number of para-hydroxylation sites is 1. The Balaban J connectivity index is 2.71. The predicted octanol–water partition coefficient (Wildman–Crippen LogP) is 3.25. The van der Waals surface area contributed by atoms with Crippen LogP contribution < -0.4 is 0 Å². The third kappa shape index (κ3) is 1.65. The molecule has 0 fully saturated rings. The maximum absolute atomic E-state index is 8.69. The molecule has 0 unspecified atom stereocenters. The first-order chi connectivity index (χ1) is 7.76. The number of rotatable bonds is 1. The monoisotopic (exact) mass is 227 g/mol. The summed E-state index contributed by atoms with van der Waals surface area (Å²) in [6.07, 6.45) is 1.49. The summed E-state index contributed by atoms with van der Waals surface area (Å²) in [4.78, 5) is 2.98. The largest absolute Gasteiger partial charge is 0.345 e. The molecule has 0 spiro atoms. The minimum atomic E-state index is 0.0339. The number of halogens is 1.